The van der Waals surface area contributed by atoms with E-state index in [0.717, 1.165) is 31.6 Å². The van der Waals surface area contributed by atoms with Crippen molar-refractivity contribution in [2.45, 2.75) is 12.8 Å². The summed E-state index contributed by atoms with van der Waals surface area (Å²) in [6.45, 7) is 2.03. The standard InChI is InChI=1S/C14H11Br2ClO/c1-9-6-12(4-5-13(9)16)18-14-7-11(15)3-2-10(14)8-17/h2-7H,8H2,1H3. The second-order valence-electron chi connectivity index (χ2n) is 3.90. The molecule has 0 atom stereocenters. The molecule has 0 N–H and O–H groups in total. The first-order valence-corrected chi connectivity index (χ1v) is 7.50. The first-order chi connectivity index (χ1) is 8.60. The number of benzene rings is 2. The molecule has 2 aromatic rings. The van der Waals surface area contributed by atoms with E-state index in [4.69, 9.17) is 16.3 Å². The van der Waals surface area contributed by atoms with E-state index in [1.807, 2.05) is 43.3 Å². The van der Waals surface area contributed by atoms with Gasteiger partial charge in [0.1, 0.15) is 11.5 Å². The zero-order chi connectivity index (χ0) is 13.1. The summed E-state index contributed by atoms with van der Waals surface area (Å²) >= 11 is 12.8. The third kappa shape index (κ3) is 3.28. The van der Waals surface area contributed by atoms with Gasteiger partial charge in [-0.25, -0.2) is 0 Å². The second kappa shape index (κ2) is 6.09. The predicted molar refractivity (Wildman–Crippen MR) is 82.7 cm³/mol. The van der Waals surface area contributed by atoms with Crippen LogP contribution in [0.2, 0.25) is 0 Å². The number of hydrogen-bond donors (Lipinski definition) is 0. The molecule has 0 unspecified atom stereocenters. The maximum Gasteiger partial charge on any atom is 0.132 e. The van der Waals surface area contributed by atoms with Crippen molar-refractivity contribution >= 4 is 43.5 Å². The maximum atomic E-state index is 5.90. The molecule has 2 rings (SSSR count). The highest BCUT2D eigenvalue weighted by atomic mass is 79.9. The highest BCUT2D eigenvalue weighted by Crippen LogP contribution is 2.31. The molecule has 0 aliphatic carbocycles. The summed E-state index contributed by atoms with van der Waals surface area (Å²) in [5, 5.41) is 0. The summed E-state index contributed by atoms with van der Waals surface area (Å²) in [6, 6.07) is 11.7. The van der Waals surface area contributed by atoms with Crippen LogP contribution in [-0.4, -0.2) is 0 Å². The van der Waals surface area contributed by atoms with E-state index in [-0.39, 0.29) is 0 Å². The molecule has 0 aliphatic rings. The lowest BCUT2D eigenvalue weighted by molar-refractivity contribution is 0.477. The highest BCUT2D eigenvalue weighted by Gasteiger charge is 2.06. The van der Waals surface area contributed by atoms with E-state index < -0.39 is 0 Å². The Morgan fingerprint density at radius 1 is 1.11 bits per heavy atom. The Labute approximate surface area is 128 Å². The molecule has 0 radical (unpaired) electrons. The van der Waals surface area contributed by atoms with Crippen molar-refractivity contribution in [3.63, 3.8) is 0 Å². The van der Waals surface area contributed by atoms with Gasteiger partial charge in [0.25, 0.3) is 0 Å². The van der Waals surface area contributed by atoms with Crippen LogP contribution in [0.25, 0.3) is 0 Å². The van der Waals surface area contributed by atoms with Gasteiger partial charge >= 0.3 is 0 Å². The van der Waals surface area contributed by atoms with Crippen LogP contribution in [0.3, 0.4) is 0 Å². The number of ether oxygens (including phenoxy) is 1. The fourth-order valence-electron chi connectivity index (χ4n) is 1.54. The van der Waals surface area contributed by atoms with Gasteiger partial charge in [-0.2, -0.15) is 0 Å². The molecule has 94 valence electrons. The Kier molecular flexibility index (Phi) is 4.71. The quantitative estimate of drug-likeness (QED) is 0.580. The minimum atomic E-state index is 0.429. The van der Waals surface area contributed by atoms with Crippen molar-refractivity contribution in [1.82, 2.24) is 0 Å². The van der Waals surface area contributed by atoms with Crippen LogP contribution in [-0.2, 0) is 5.88 Å². The molecule has 0 saturated heterocycles. The number of hydrogen-bond acceptors (Lipinski definition) is 1. The van der Waals surface area contributed by atoms with Gasteiger partial charge < -0.3 is 4.74 Å². The molecule has 0 bridgehead atoms. The van der Waals surface area contributed by atoms with Crippen molar-refractivity contribution in [3.8, 4) is 11.5 Å². The van der Waals surface area contributed by atoms with Gasteiger partial charge in [-0.15, -0.1) is 11.6 Å². The molecule has 2 aromatic carbocycles. The predicted octanol–water partition coefficient (Wildman–Crippen LogP) is 6.05. The Balaban J connectivity index is 2.33. The van der Waals surface area contributed by atoms with Crippen LogP contribution >= 0.6 is 43.5 Å². The second-order valence-corrected chi connectivity index (χ2v) is 5.94. The topological polar surface area (TPSA) is 9.23 Å². The van der Waals surface area contributed by atoms with Crippen molar-refractivity contribution in [2.75, 3.05) is 0 Å². The lowest BCUT2D eigenvalue weighted by Gasteiger charge is -2.11. The van der Waals surface area contributed by atoms with E-state index in [0.29, 0.717) is 5.88 Å². The third-order valence-corrected chi connectivity index (χ3v) is 4.20. The Morgan fingerprint density at radius 2 is 1.89 bits per heavy atom. The van der Waals surface area contributed by atoms with Gasteiger partial charge in [-0.1, -0.05) is 37.9 Å². The molecule has 1 nitrogen and oxygen atoms in total. The van der Waals surface area contributed by atoms with Gasteiger partial charge in [-0.05, 0) is 42.8 Å². The smallest absolute Gasteiger partial charge is 0.132 e. The van der Waals surface area contributed by atoms with E-state index in [2.05, 4.69) is 31.9 Å². The van der Waals surface area contributed by atoms with Crippen LogP contribution in [0.5, 0.6) is 11.5 Å². The maximum absolute atomic E-state index is 5.90. The van der Waals surface area contributed by atoms with Crippen molar-refractivity contribution in [1.29, 1.82) is 0 Å². The van der Waals surface area contributed by atoms with Gasteiger partial charge in [-0.3, -0.25) is 0 Å². The van der Waals surface area contributed by atoms with E-state index in [9.17, 15) is 0 Å². The molecular weight excluding hydrogens is 379 g/mol. The molecule has 4 heteroatoms. The number of halogens is 3. The Bertz CT molecular complexity index is 570. The average molecular weight is 391 g/mol. The molecule has 0 aliphatic heterocycles. The first-order valence-electron chi connectivity index (χ1n) is 5.38. The van der Waals surface area contributed by atoms with Gasteiger partial charge in [0.2, 0.25) is 0 Å². The monoisotopic (exact) mass is 388 g/mol. The Hall–Kier alpha value is -0.510. The van der Waals surface area contributed by atoms with Crippen LogP contribution in [0.1, 0.15) is 11.1 Å². The van der Waals surface area contributed by atoms with Gasteiger partial charge in [0.05, 0.1) is 5.88 Å². The zero-order valence-electron chi connectivity index (χ0n) is 9.71. The fraction of sp³-hybridized carbons (Fsp3) is 0.143. The molecule has 0 amide bonds. The summed E-state index contributed by atoms with van der Waals surface area (Å²) < 4.78 is 7.93. The molecule has 0 aromatic heterocycles. The number of aryl methyl sites for hydroxylation is 1. The number of alkyl halides is 1. The van der Waals surface area contributed by atoms with Crippen LogP contribution in [0.4, 0.5) is 0 Å². The van der Waals surface area contributed by atoms with E-state index in [1.165, 1.54) is 0 Å². The molecular formula is C14H11Br2ClO. The van der Waals surface area contributed by atoms with E-state index in [1.54, 1.807) is 0 Å². The van der Waals surface area contributed by atoms with Crippen LogP contribution in [0.15, 0.2) is 45.3 Å². The molecule has 18 heavy (non-hydrogen) atoms. The fourth-order valence-corrected chi connectivity index (χ4v) is 2.35. The summed E-state index contributed by atoms with van der Waals surface area (Å²) in [6.07, 6.45) is 0. The first kappa shape index (κ1) is 13.9. The Morgan fingerprint density at radius 3 is 2.56 bits per heavy atom. The summed E-state index contributed by atoms with van der Waals surface area (Å²) in [7, 11) is 0. The van der Waals surface area contributed by atoms with Crippen molar-refractivity contribution in [3.05, 3.63) is 56.5 Å². The third-order valence-electron chi connectivity index (χ3n) is 2.53. The van der Waals surface area contributed by atoms with E-state index >= 15 is 0 Å². The SMILES string of the molecule is Cc1cc(Oc2cc(Br)ccc2CCl)ccc1Br. The van der Waals surface area contributed by atoms with Gasteiger partial charge in [0.15, 0.2) is 0 Å². The summed E-state index contributed by atoms with van der Waals surface area (Å²) in [5.41, 5.74) is 2.11. The normalized spacial score (nSPS) is 10.4. The lowest BCUT2D eigenvalue weighted by atomic mass is 10.2. The molecule has 0 saturated carbocycles. The highest BCUT2D eigenvalue weighted by molar-refractivity contribution is 9.10. The average Bonchev–Trinajstić information content (AvgIpc) is 2.34. The van der Waals surface area contributed by atoms with Crippen LogP contribution < -0.4 is 4.74 Å². The lowest BCUT2D eigenvalue weighted by Crippen LogP contribution is -1.90. The van der Waals surface area contributed by atoms with Crippen LogP contribution in [0, 0.1) is 6.92 Å². The summed E-state index contributed by atoms with van der Waals surface area (Å²) in [4.78, 5) is 0. The summed E-state index contributed by atoms with van der Waals surface area (Å²) in [5.74, 6) is 2.01. The van der Waals surface area contributed by atoms with Gasteiger partial charge in [0, 0.05) is 14.5 Å². The number of rotatable bonds is 3. The minimum absolute atomic E-state index is 0.429. The molecule has 0 heterocycles. The van der Waals surface area contributed by atoms with Crippen molar-refractivity contribution in [2.24, 2.45) is 0 Å². The van der Waals surface area contributed by atoms with Crippen molar-refractivity contribution < 1.29 is 4.74 Å². The largest absolute Gasteiger partial charge is 0.457 e. The molecule has 0 spiro atoms. The molecule has 0 fully saturated rings. The zero-order valence-corrected chi connectivity index (χ0v) is 13.6. The minimum Gasteiger partial charge on any atom is -0.457 e.